The molecule has 0 bridgehead atoms. The zero-order valence-electron chi connectivity index (χ0n) is 11.7. The van der Waals surface area contributed by atoms with Crippen LogP contribution in [0.2, 0.25) is 0 Å². The maximum Gasteiger partial charge on any atom is 0.393 e. The lowest BCUT2D eigenvalue weighted by atomic mass is 9.81. The quantitative estimate of drug-likeness (QED) is 0.850. The van der Waals surface area contributed by atoms with Gasteiger partial charge in [-0.05, 0) is 44.2 Å². The fourth-order valence-electron chi connectivity index (χ4n) is 3.69. The van der Waals surface area contributed by atoms with E-state index < -0.39 is 12.1 Å². The van der Waals surface area contributed by atoms with Gasteiger partial charge in [0.05, 0.1) is 5.92 Å². The number of alkyl halides is 3. The van der Waals surface area contributed by atoms with Crippen LogP contribution in [0.5, 0.6) is 0 Å². The molecule has 2 nitrogen and oxygen atoms in total. The third-order valence-electron chi connectivity index (χ3n) is 4.64. The van der Waals surface area contributed by atoms with Crippen LogP contribution in [0.15, 0.2) is 0 Å². The molecule has 0 aromatic carbocycles. The van der Waals surface area contributed by atoms with Crippen molar-refractivity contribution in [1.29, 1.82) is 0 Å². The summed E-state index contributed by atoms with van der Waals surface area (Å²) in [6.07, 6.45) is 0.294. The van der Waals surface area contributed by atoms with Crippen molar-refractivity contribution in [2.24, 2.45) is 11.3 Å². The number of nitrogens with one attached hydrogen (secondary N) is 1. The Kier molecular flexibility index (Phi) is 4.77. The molecular formula is C14H25F3N2. The number of likely N-dealkylation sites (tertiary alicyclic amines) is 1. The molecule has 2 rings (SSSR count). The Balaban J connectivity index is 1.94. The van der Waals surface area contributed by atoms with E-state index >= 15 is 0 Å². The molecule has 0 spiro atoms. The number of nitrogens with zero attached hydrogens (tertiary/aromatic N) is 1. The molecule has 2 aliphatic rings. The molecule has 0 amide bonds. The van der Waals surface area contributed by atoms with E-state index in [0.29, 0.717) is 12.8 Å². The Morgan fingerprint density at radius 1 is 1.37 bits per heavy atom. The van der Waals surface area contributed by atoms with Crippen molar-refractivity contribution in [3.8, 4) is 0 Å². The smallest absolute Gasteiger partial charge is 0.316 e. The number of halogens is 3. The first kappa shape index (κ1) is 15.1. The Morgan fingerprint density at radius 3 is 2.74 bits per heavy atom. The first-order valence-electron chi connectivity index (χ1n) is 7.45. The minimum Gasteiger partial charge on any atom is -0.316 e. The minimum absolute atomic E-state index is 0.203. The van der Waals surface area contributed by atoms with Gasteiger partial charge in [-0.2, -0.15) is 13.2 Å². The van der Waals surface area contributed by atoms with Gasteiger partial charge in [0.2, 0.25) is 0 Å². The van der Waals surface area contributed by atoms with Crippen LogP contribution in [0.1, 0.15) is 39.0 Å². The van der Waals surface area contributed by atoms with Crippen molar-refractivity contribution in [2.75, 3.05) is 32.7 Å². The van der Waals surface area contributed by atoms with Crippen molar-refractivity contribution in [3.63, 3.8) is 0 Å². The van der Waals surface area contributed by atoms with Gasteiger partial charge in [-0.3, -0.25) is 0 Å². The monoisotopic (exact) mass is 278 g/mol. The van der Waals surface area contributed by atoms with Crippen molar-refractivity contribution < 1.29 is 13.2 Å². The Labute approximate surface area is 113 Å². The van der Waals surface area contributed by atoms with Crippen LogP contribution in [0.4, 0.5) is 13.2 Å². The molecule has 2 unspecified atom stereocenters. The second kappa shape index (κ2) is 6.00. The Bertz CT molecular complexity index is 285. The standard InChI is InChI=1S/C14H25F3N2/c1-2-5-13(6-7-18-10-13)11-19-8-3-4-12(9-19)14(15,16)17/h12,18H,2-11H2,1H3. The summed E-state index contributed by atoms with van der Waals surface area (Å²) in [5, 5.41) is 3.38. The maximum atomic E-state index is 12.8. The van der Waals surface area contributed by atoms with Gasteiger partial charge in [0.1, 0.15) is 0 Å². The van der Waals surface area contributed by atoms with Gasteiger partial charge in [-0.25, -0.2) is 0 Å². The number of hydrogen-bond donors (Lipinski definition) is 1. The van der Waals surface area contributed by atoms with Gasteiger partial charge in [-0.15, -0.1) is 0 Å². The van der Waals surface area contributed by atoms with E-state index in [0.717, 1.165) is 45.4 Å². The zero-order chi connectivity index (χ0) is 13.9. The maximum absolute atomic E-state index is 12.8. The molecule has 2 heterocycles. The third kappa shape index (κ3) is 3.85. The van der Waals surface area contributed by atoms with Crippen LogP contribution in [-0.4, -0.2) is 43.8 Å². The molecule has 19 heavy (non-hydrogen) atoms. The topological polar surface area (TPSA) is 15.3 Å². The van der Waals surface area contributed by atoms with Crippen LogP contribution >= 0.6 is 0 Å². The molecule has 0 saturated carbocycles. The Hall–Kier alpha value is -0.290. The predicted molar refractivity (Wildman–Crippen MR) is 70.0 cm³/mol. The number of hydrogen-bond acceptors (Lipinski definition) is 2. The molecule has 0 aliphatic carbocycles. The highest BCUT2D eigenvalue weighted by Crippen LogP contribution is 2.37. The van der Waals surface area contributed by atoms with E-state index in [9.17, 15) is 13.2 Å². The average Bonchev–Trinajstić information content (AvgIpc) is 2.77. The van der Waals surface area contributed by atoms with Crippen molar-refractivity contribution in [3.05, 3.63) is 0 Å². The van der Waals surface area contributed by atoms with E-state index in [2.05, 4.69) is 17.1 Å². The first-order chi connectivity index (χ1) is 8.95. The molecule has 1 N–H and O–H groups in total. The van der Waals surface area contributed by atoms with Crippen LogP contribution in [0, 0.1) is 11.3 Å². The van der Waals surface area contributed by atoms with Gasteiger partial charge in [-0.1, -0.05) is 13.3 Å². The summed E-state index contributed by atoms with van der Waals surface area (Å²) in [6, 6.07) is 0. The molecule has 0 radical (unpaired) electrons. The van der Waals surface area contributed by atoms with E-state index in [1.165, 1.54) is 0 Å². The van der Waals surface area contributed by atoms with Gasteiger partial charge >= 0.3 is 6.18 Å². The highest BCUT2D eigenvalue weighted by atomic mass is 19.4. The minimum atomic E-state index is -4.02. The van der Waals surface area contributed by atoms with Crippen molar-refractivity contribution in [1.82, 2.24) is 10.2 Å². The van der Waals surface area contributed by atoms with Crippen LogP contribution in [0.25, 0.3) is 0 Å². The molecule has 2 fully saturated rings. The molecule has 2 aliphatic heterocycles. The molecule has 2 atom stereocenters. The number of piperidine rings is 1. The lowest BCUT2D eigenvalue weighted by Crippen LogP contribution is -2.47. The predicted octanol–water partition coefficient (Wildman–Crippen LogP) is 3.04. The second-order valence-electron chi connectivity index (χ2n) is 6.29. The summed E-state index contributed by atoms with van der Waals surface area (Å²) < 4.78 is 38.5. The fraction of sp³-hybridized carbons (Fsp3) is 1.00. The molecule has 0 aromatic rings. The summed E-state index contributed by atoms with van der Waals surface area (Å²) in [6.45, 7) is 6.01. The lowest BCUT2D eigenvalue weighted by molar-refractivity contribution is -0.187. The van der Waals surface area contributed by atoms with Crippen molar-refractivity contribution in [2.45, 2.75) is 45.2 Å². The zero-order valence-corrected chi connectivity index (χ0v) is 11.7. The van der Waals surface area contributed by atoms with E-state index in [1.54, 1.807) is 0 Å². The largest absolute Gasteiger partial charge is 0.393 e. The van der Waals surface area contributed by atoms with Crippen molar-refractivity contribution >= 4 is 0 Å². The van der Waals surface area contributed by atoms with E-state index in [4.69, 9.17) is 0 Å². The molecular weight excluding hydrogens is 253 g/mol. The molecule has 5 heteroatoms. The SMILES string of the molecule is CCCC1(CN2CCCC(C(F)(F)F)C2)CCNC1. The highest BCUT2D eigenvalue weighted by Gasteiger charge is 2.43. The summed E-state index contributed by atoms with van der Waals surface area (Å²) in [7, 11) is 0. The van der Waals surface area contributed by atoms with Gasteiger partial charge < -0.3 is 10.2 Å². The fourth-order valence-corrected chi connectivity index (χ4v) is 3.69. The third-order valence-corrected chi connectivity index (χ3v) is 4.64. The average molecular weight is 278 g/mol. The van der Waals surface area contributed by atoms with Crippen LogP contribution in [-0.2, 0) is 0 Å². The molecule has 112 valence electrons. The van der Waals surface area contributed by atoms with Crippen LogP contribution in [0.3, 0.4) is 0 Å². The summed E-state index contributed by atoms with van der Waals surface area (Å²) in [5.41, 5.74) is 0.211. The van der Waals surface area contributed by atoms with Gasteiger partial charge in [0.15, 0.2) is 0 Å². The Morgan fingerprint density at radius 2 is 2.16 bits per heavy atom. The first-order valence-corrected chi connectivity index (χ1v) is 7.45. The summed E-state index contributed by atoms with van der Waals surface area (Å²) in [4.78, 5) is 2.06. The van der Waals surface area contributed by atoms with Gasteiger partial charge in [0, 0.05) is 19.6 Å². The summed E-state index contributed by atoms with van der Waals surface area (Å²) in [5.74, 6) is -1.12. The van der Waals surface area contributed by atoms with Gasteiger partial charge in [0.25, 0.3) is 0 Å². The summed E-state index contributed by atoms with van der Waals surface area (Å²) >= 11 is 0. The molecule has 0 aromatic heterocycles. The van der Waals surface area contributed by atoms with Crippen LogP contribution < -0.4 is 5.32 Å². The molecule has 2 saturated heterocycles. The lowest BCUT2D eigenvalue weighted by Gasteiger charge is -2.39. The van der Waals surface area contributed by atoms with E-state index in [1.807, 2.05) is 0 Å². The number of rotatable bonds is 4. The van der Waals surface area contributed by atoms with E-state index in [-0.39, 0.29) is 12.0 Å². The highest BCUT2D eigenvalue weighted by molar-refractivity contribution is 4.91. The normalized spacial score (nSPS) is 33.8. The second-order valence-corrected chi connectivity index (χ2v) is 6.29.